The number of aliphatic hydroxyl groups is 1. The van der Waals surface area contributed by atoms with Crippen LogP contribution in [-0.2, 0) is 4.74 Å². The number of nitrogens with zero attached hydrogens (tertiary/aromatic N) is 1. The molecule has 4 nitrogen and oxygen atoms in total. The summed E-state index contributed by atoms with van der Waals surface area (Å²) in [4.78, 5) is 14.3. The smallest absolute Gasteiger partial charge is 0.255 e. The quantitative estimate of drug-likeness (QED) is 0.616. The summed E-state index contributed by atoms with van der Waals surface area (Å²) >= 11 is 0. The number of amides is 1. The Morgan fingerprint density at radius 2 is 2.10 bits per heavy atom. The van der Waals surface area contributed by atoms with Gasteiger partial charge in [-0.3, -0.25) is 4.79 Å². The molecule has 0 bridgehead atoms. The highest BCUT2D eigenvalue weighted by molar-refractivity contribution is 5.96. The molecule has 1 amide bonds. The van der Waals surface area contributed by atoms with Crippen LogP contribution >= 0.6 is 0 Å². The van der Waals surface area contributed by atoms with Gasteiger partial charge in [0, 0.05) is 31.7 Å². The van der Waals surface area contributed by atoms with Crippen molar-refractivity contribution in [3.63, 3.8) is 0 Å². The topological polar surface area (TPSA) is 49.8 Å². The standard InChI is InChI=1S/C17H23NO3/c1-3-18(12-14-21-4-2)17(20)16-11-6-5-9-15(16)10-7-8-13-19/h5-6,9,11,19H,3-4,8,12-14H2,1-2H3. The maximum absolute atomic E-state index is 12.6. The van der Waals surface area contributed by atoms with E-state index in [1.807, 2.05) is 32.0 Å². The lowest BCUT2D eigenvalue weighted by atomic mass is 10.1. The molecule has 0 unspecified atom stereocenters. The van der Waals surface area contributed by atoms with Gasteiger partial charge >= 0.3 is 0 Å². The van der Waals surface area contributed by atoms with Crippen molar-refractivity contribution in [2.75, 3.05) is 32.9 Å². The number of carbonyl (C=O) groups is 1. The molecule has 0 fully saturated rings. The summed E-state index contributed by atoms with van der Waals surface area (Å²) in [6.45, 7) is 6.29. The van der Waals surface area contributed by atoms with Gasteiger partial charge in [-0.15, -0.1) is 0 Å². The summed E-state index contributed by atoms with van der Waals surface area (Å²) in [6.07, 6.45) is 0.407. The van der Waals surface area contributed by atoms with Crippen LogP contribution in [0.25, 0.3) is 0 Å². The van der Waals surface area contributed by atoms with Gasteiger partial charge in [0.05, 0.1) is 18.8 Å². The van der Waals surface area contributed by atoms with E-state index in [9.17, 15) is 4.79 Å². The van der Waals surface area contributed by atoms with E-state index in [-0.39, 0.29) is 12.5 Å². The van der Waals surface area contributed by atoms with Crippen molar-refractivity contribution in [2.24, 2.45) is 0 Å². The Balaban J connectivity index is 2.87. The molecular formula is C17H23NO3. The molecule has 1 aromatic carbocycles. The predicted octanol–water partition coefficient (Wildman–Crippen LogP) is 1.92. The summed E-state index contributed by atoms with van der Waals surface area (Å²) in [7, 11) is 0. The second-order valence-corrected chi connectivity index (χ2v) is 4.40. The third-order valence-electron chi connectivity index (χ3n) is 3.00. The molecule has 4 heteroatoms. The number of hydrogen-bond acceptors (Lipinski definition) is 3. The van der Waals surface area contributed by atoms with E-state index in [1.165, 1.54) is 0 Å². The first kappa shape index (κ1) is 17.2. The molecule has 0 aromatic heterocycles. The van der Waals surface area contributed by atoms with Crippen LogP contribution in [0.5, 0.6) is 0 Å². The maximum atomic E-state index is 12.6. The van der Waals surface area contributed by atoms with Crippen LogP contribution < -0.4 is 0 Å². The van der Waals surface area contributed by atoms with Gasteiger partial charge in [-0.2, -0.15) is 0 Å². The second-order valence-electron chi connectivity index (χ2n) is 4.40. The number of benzene rings is 1. The fourth-order valence-corrected chi connectivity index (χ4v) is 1.88. The monoisotopic (exact) mass is 289 g/mol. The van der Waals surface area contributed by atoms with Gasteiger partial charge in [-0.1, -0.05) is 24.0 Å². The predicted molar refractivity (Wildman–Crippen MR) is 83.1 cm³/mol. The average molecular weight is 289 g/mol. The SMILES string of the molecule is CCOCCN(CC)C(=O)c1ccccc1C#CCCO. The summed E-state index contributed by atoms with van der Waals surface area (Å²) < 4.78 is 5.31. The van der Waals surface area contributed by atoms with E-state index in [2.05, 4.69) is 11.8 Å². The first-order chi connectivity index (χ1) is 10.2. The van der Waals surface area contributed by atoms with Crippen LogP contribution in [0.3, 0.4) is 0 Å². The lowest BCUT2D eigenvalue weighted by Crippen LogP contribution is -2.34. The lowest BCUT2D eigenvalue weighted by Gasteiger charge is -2.21. The van der Waals surface area contributed by atoms with Crippen LogP contribution in [0, 0.1) is 11.8 Å². The highest BCUT2D eigenvalue weighted by Gasteiger charge is 2.16. The van der Waals surface area contributed by atoms with Crippen LogP contribution in [0.1, 0.15) is 36.2 Å². The van der Waals surface area contributed by atoms with Crippen LogP contribution in [0.15, 0.2) is 24.3 Å². The molecule has 1 rings (SSSR count). The molecule has 21 heavy (non-hydrogen) atoms. The van der Waals surface area contributed by atoms with Crippen molar-refractivity contribution in [1.82, 2.24) is 4.90 Å². The van der Waals surface area contributed by atoms with Crippen molar-refractivity contribution in [3.05, 3.63) is 35.4 Å². The first-order valence-corrected chi connectivity index (χ1v) is 7.30. The van der Waals surface area contributed by atoms with E-state index in [4.69, 9.17) is 9.84 Å². The second kappa shape index (κ2) is 9.98. The molecule has 0 radical (unpaired) electrons. The Hall–Kier alpha value is -1.83. The number of ether oxygens (including phenoxy) is 1. The van der Waals surface area contributed by atoms with Gasteiger partial charge in [0.1, 0.15) is 0 Å². The normalized spacial score (nSPS) is 9.86. The zero-order valence-electron chi connectivity index (χ0n) is 12.8. The first-order valence-electron chi connectivity index (χ1n) is 7.30. The Bertz CT molecular complexity index is 502. The molecule has 0 spiro atoms. The Morgan fingerprint density at radius 1 is 1.33 bits per heavy atom. The zero-order valence-corrected chi connectivity index (χ0v) is 12.8. The van der Waals surface area contributed by atoms with Gasteiger partial charge in [-0.05, 0) is 26.0 Å². The molecule has 0 heterocycles. The van der Waals surface area contributed by atoms with Gasteiger partial charge in [0.15, 0.2) is 0 Å². The van der Waals surface area contributed by atoms with E-state index in [0.717, 1.165) is 0 Å². The Morgan fingerprint density at radius 3 is 2.76 bits per heavy atom. The van der Waals surface area contributed by atoms with Crippen LogP contribution in [-0.4, -0.2) is 48.8 Å². The minimum Gasteiger partial charge on any atom is -0.395 e. The zero-order chi connectivity index (χ0) is 15.5. The molecule has 0 saturated heterocycles. The summed E-state index contributed by atoms with van der Waals surface area (Å²) in [6, 6.07) is 7.31. The summed E-state index contributed by atoms with van der Waals surface area (Å²) in [5, 5.41) is 8.78. The van der Waals surface area contributed by atoms with Gasteiger partial charge in [-0.25, -0.2) is 0 Å². The molecular weight excluding hydrogens is 266 g/mol. The Labute approximate surface area is 126 Å². The number of likely N-dealkylation sites (N-methyl/N-ethyl adjacent to an activating group) is 1. The third-order valence-corrected chi connectivity index (χ3v) is 3.00. The molecule has 1 aromatic rings. The minimum absolute atomic E-state index is 0.0263. The molecule has 0 aliphatic heterocycles. The maximum Gasteiger partial charge on any atom is 0.255 e. The highest BCUT2D eigenvalue weighted by atomic mass is 16.5. The lowest BCUT2D eigenvalue weighted by molar-refractivity contribution is 0.0669. The van der Waals surface area contributed by atoms with Gasteiger partial charge < -0.3 is 14.7 Å². The summed E-state index contributed by atoms with van der Waals surface area (Å²) in [5.74, 6) is 5.78. The molecule has 0 saturated carbocycles. The van der Waals surface area contributed by atoms with Crippen LogP contribution in [0.2, 0.25) is 0 Å². The Kier molecular flexibility index (Phi) is 8.18. The van der Waals surface area contributed by atoms with E-state index >= 15 is 0 Å². The third kappa shape index (κ3) is 5.58. The van der Waals surface area contributed by atoms with Crippen molar-refractivity contribution >= 4 is 5.91 Å². The number of aliphatic hydroxyl groups excluding tert-OH is 1. The highest BCUT2D eigenvalue weighted by Crippen LogP contribution is 2.11. The fourth-order valence-electron chi connectivity index (χ4n) is 1.88. The number of carbonyl (C=O) groups excluding carboxylic acids is 1. The van der Waals surface area contributed by atoms with Gasteiger partial charge in [0.25, 0.3) is 5.91 Å². The van der Waals surface area contributed by atoms with Crippen molar-refractivity contribution < 1.29 is 14.6 Å². The molecule has 114 valence electrons. The fraction of sp³-hybridized carbons (Fsp3) is 0.471. The number of hydrogen-bond donors (Lipinski definition) is 1. The van der Waals surface area contributed by atoms with Crippen molar-refractivity contribution in [1.29, 1.82) is 0 Å². The number of rotatable bonds is 7. The van der Waals surface area contributed by atoms with Gasteiger partial charge in [0.2, 0.25) is 0 Å². The van der Waals surface area contributed by atoms with E-state index in [1.54, 1.807) is 11.0 Å². The van der Waals surface area contributed by atoms with E-state index in [0.29, 0.717) is 43.9 Å². The summed E-state index contributed by atoms with van der Waals surface area (Å²) in [5.41, 5.74) is 1.30. The average Bonchev–Trinajstić information content (AvgIpc) is 2.52. The molecule has 0 aliphatic rings. The molecule has 0 atom stereocenters. The largest absolute Gasteiger partial charge is 0.395 e. The minimum atomic E-state index is -0.0360. The van der Waals surface area contributed by atoms with Crippen molar-refractivity contribution in [2.45, 2.75) is 20.3 Å². The molecule has 0 aliphatic carbocycles. The van der Waals surface area contributed by atoms with Crippen LogP contribution in [0.4, 0.5) is 0 Å². The van der Waals surface area contributed by atoms with E-state index < -0.39 is 0 Å². The molecule has 1 N–H and O–H groups in total. The van der Waals surface area contributed by atoms with Crippen molar-refractivity contribution in [3.8, 4) is 11.8 Å².